The second kappa shape index (κ2) is 6.04. The van der Waals surface area contributed by atoms with Gasteiger partial charge >= 0.3 is 0 Å². The van der Waals surface area contributed by atoms with E-state index in [4.69, 9.17) is 0 Å². The zero-order valence-corrected chi connectivity index (χ0v) is 14.8. The predicted molar refractivity (Wildman–Crippen MR) is 104 cm³/mol. The molecule has 4 nitrogen and oxygen atoms in total. The van der Waals surface area contributed by atoms with E-state index in [1.807, 2.05) is 12.1 Å². The molecule has 1 unspecified atom stereocenters. The number of aromatic nitrogens is 4. The summed E-state index contributed by atoms with van der Waals surface area (Å²) in [6.45, 7) is 0. The summed E-state index contributed by atoms with van der Waals surface area (Å²) in [6.07, 6.45) is 8.66. The fraction of sp³-hybridized carbons (Fsp3) is 0.0952. The van der Waals surface area contributed by atoms with E-state index in [1.165, 1.54) is 16.0 Å². The average Bonchev–Trinajstić information content (AvgIpc) is 3.38. The van der Waals surface area contributed by atoms with E-state index in [0.29, 0.717) is 0 Å². The summed E-state index contributed by atoms with van der Waals surface area (Å²) in [5, 5.41) is 9.95. The van der Waals surface area contributed by atoms with Gasteiger partial charge in [-0.2, -0.15) is 5.10 Å². The van der Waals surface area contributed by atoms with Gasteiger partial charge in [-0.15, -0.1) is 11.3 Å². The summed E-state index contributed by atoms with van der Waals surface area (Å²) in [7, 11) is 0. The maximum atomic E-state index is 4.59. The lowest BCUT2D eigenvalue weighted by molar-refractivity contribution is 0.598. The van der Waals surface area contributed by atoms with Crippen LogP contribution in [0.3, 0.4) is 0 Å². The van der Waals surface area contributed by atoms with Crippen LogP contribution in [0.2, 0.25) is 0 Å². The lowest BCUT2D eigenvalue weighted by Gasteiger charge is -2.33. The molecule has 5 rings (SSSR count). The number of nitrogens with zero attached hydrogens (tertiary/aromatic N) is 3. The number of fused-ring (bicyclic) bond motifs is 1. The van der Waals surface area contributed by atoms with Crippen molar-refractivity contribution < 1.29 is 0 Å². The number of benzene rings is 1. The average molecular weight is 356 g/mol. The van der Waals surface area contributed by atoms with E-state index in [2.05, 4.69) is 74.1 Å². The van der Waals surface area contributed by atoms with E-state index >= 15 is 0 Å². The monoisotopic (exact) mass is 356 g/mol. The highest BCUT2D eigenvalue weighted by Gasteiger charge is 2.37. The Bertz CT molecular complexity index is 1010. The molecule has 0 saturated heterocycles. The van der Waals surface area contributed by atoms with E-state index in [9.17, 15) is 0 Å². The Morgan fingerprint density at radius 1 is 1.04 bits per heavy atom. The van der Waals surface area contributed by atoms with Crippen molar-refractivity contribution in [2.24, 2.45) is 0 Å². The standard InChI is InChI=1S/C21H16N4S/c1-2-5-15(6-3-1)21(19-9-11-22-14-23-19)10-8-16-17(13-21)24-25-20(16)18-7-4-12-26-18/h1-12,14H,13H2,(H,24,25). The molecule has 1 aliphatic carbocycles. The molecular formula is C21H16N4S. The molecule has 3 heterocycles. The van der Waals surface area contributed by atoms with Gasteiger partial charge in [-0.1, -0.05) is 48.6 Å². The summed E-state index contributed by atoms with van der Waals surface area (Å²) in [5.41, 5.74) is 5.22. The van der Waals surface area contributed by atoms with E-state index in [0.717, 1.165) is 23.5 Å². The fourth-order valence-corrected chi connectivity index (χ4v) is 4.41. The van der Waals surface area contributed by atoms with Crippen LogP contribution in [-0.2, 0) is 11.8 Å². The van der Waals surface area contributed by atoms with Gasteiger partial charge in [0.2, 0.25) is 0 Å². The second-order valence-electron chi connectivity index (χ2n) is 6.38. The van der Waals surface area contributed by atoms with Gasteiger partial charge in [0.05, 0.1) is 16.0 Å². The predicted octanol–water partition coefficient (Wildman–Crippen LogP) is 4.48. The van der Waals surface area contributed by atoms with Gasteiger partial charge in [0.15, 0.2) is 0 Å². The third-order valence-electron chi connectivity index (χ3n) is 4.96. The van der Waals surface area contributed by atoms with Crippen molar-refractivity contribution in [3.63, 3.8) is 0 Å². The molecule has 1 N–H and O–H groups in total. The summed E-state index contributed by atoms with van der Waals surface area (Å²) < 4.78 is 0. The largest absolute Gasteiger partial charge is 0.281 e. The van der Waals surface area contributed by atoms with Gasteiger partial charge in [-0.05, 0) is 23.1 Å². The van der Waals surface area contributed by atoms with Crippen molar-refractivity contribution in [2.75, 3.05) is 0 Å². The first kappa shape index (κ1) is 15.2. The van der Waals surface area contributed by atoms with Gasteiger partial charge in [-0.3, -0.25) is 5.10 Å². The molecule has 1 aromatic carbocycles. The maximum Gasteiger partial charge on any atom is 0.115 e. The Balaban J connectivity index is 1.67. The smallest absolute Gasteiger partial charge is 0.115 e. The molecule has 26 heavy (non-hydrogen) atoms. The first-order valence-corrected chi connectivity index (χ1v) is 9.37. The van der Waals surface area contributed by atoms with Crippen LogP contribution < -0.4 is 0 Å². The molecule has 5 heteroatoms. The first-order chi connectivity index (χ1) is 12.9. The van der Waals surface area contributed by atoms with Crippen LogP contribution >= 0.6 is 11.3 Å². The minimum absolute atomic E-state index is 0.323. The van der Waals surface area contributed by atoms with Crippen LogP contribution in [0.25, 0.3) is 16.6 Å². The van der Waals surface area contributed by atoms with Gasteiger partial charge < -0.3 is 0 Å². The lowest BCUT2D eigenvalue weighted by Crippen LogP contribution is -2.31. The Hall–Kier alpha value is -3.05. The Morgan fingerprint density at radius 2 is 1.96 bits per heavy atom. The lowest BCUT2D eigenvalue weighted by atomic mass is 9.70. The summed E-state index contributed by atoms with van der Waals surface area (Å²) in [5.74, 6) is 0. The number of allylic oxidation sites excluding steroid dienone is 1. The number of rotatable bonds is 3. The number of H-pyrrole nitrogens is 1. The third kappa shape index (κ3) is 2.32. The van der Waals surface area contributed by atoms with Crippen molar-refractivity contribution >= 4 is 17.4 Å². The van der Waals surface area contributed by atoms with Gasteiger partial charge in [0, 0.05) is 23.9 Å². The zero-order valence-electron chi connectivity index (χ0n) is 14.0. The van der Waals surface area contributed by atoms with Crippen molar-refractivity contribution in [1.29, 1.82) is 0 Å². The molecule has 1 aliphatic rings. The van der Waals surface area contributed by atoms with Gasteiger partial charge in [0.25, 0.3) is 0 Å². The molecule has 0 aliphatic heterocycles. The highest BCUT2D eigenvalue weighted by atomic mass is 32.1. The van der Waals surface area contributed by atoms with Crippen LogP contribution in [0.5, 0.6) is 0 Å². The molecular weight excluding hydrogens is 340 g/mol. The third-order valence-corrected chi connectivity index (χ3v) is 5.83. The van der Waals surface area contributed by atoms with Crippen LogP contribution in [-0.4, -0.2) is 20.2 Å². The summed E-state index contributed by atoms with van der Waals surface area (Å²) in [4.78, 5) is 9.86. The number of hydrogen-bond donors (Lipinski definition) is 1. The quantitative estimate of drug-likeness (QED) is 0.589. The number of thiophene rings is 1. The molecule has 0 saturated carbocycles. The summed E-state index contributed by atoms with van der Waals surface area (Å²) in [6, 6.07) is 16.7. The van der Waals surface area contributed by atoms with Gasteiger partial charge in [0.1, 0.15) is 12.0 Å². The topological polar surface area (TPSA) is 54.5 Å². The molecule has 1 atom stereocenters. The van der Waals surface area contributed by atoms with Crippen LogP contribution in [0.4, 0.5) is 0 Å². The van der Waals surface area contributed by atoms with E-state index in [1.54, 1.807) is 23.9 Å². The molecule has 3 aromatic heterocycles. The molecule has 0 fully saturated rings. The van der Waals surface area contributed by atoms with E-state index in [-0.39, 0.29) is 5.41 Å². The fourth-order valence-electron chi connectivity index (χ4n) is 3.68. The first-order valence-electron chi connectivity index (χ1n) is 8.49. The number of hydrogen-bond acceptors (Lipinski definition) is 4. The minimum Gasteiger partial charge on any atom is -0.281 e. The van der Waals surface area contributed by atoms with Crippen molar-refractivity contribution in [1.82, 2.24) is 20.2 Å². The van der Waals surface area contributed by atoms with Gasteiger partial charge in [-0.25, -0.2) is 9.97 Å². The van der Waals surface area contributed by atoms with E-state index < -0.39 is 0 Å². The SMILES string of the molecule is C1=CC(c2ccccc2)(c2ccncn2)Cc2[nH]nc(-c3cccs3)c21. The van der Waals surface area contributed by atoms with Crippen molar-refractivity contribution in [3.05, 3.63) is 95.0 Å². The molecule has 0 radical (unpaired) electrons. The highest BCUT2D eigenvalue weighted by molar-refractivity contribution is 7.13. The Morgan fingerprint density at radius 3 is 2.73 bits per heavy atom. The minimum atomic E-state index is -0.323. The second-order valence-corrected chi connectivity index (χ2v) is 7.33. The zero-order chi connectivity index (χ0) is 17.4. The molecule has 4 aromatic rings. The van der Waals surface area contributed by atoms with Crippen LogP contribution in [0.1, 0.15) is 22.5 Å². The van der Waals surface area contributed by atoms with Crippen LogP contribution in [0.15, 0.2) is 72.5 Å². The maximum absolute atomic E-state index is 4.59. The molecule has 0 amide bonds. The normalized spacial score (nSPS) is 18.6. The molecule has 0 bridgehead atoms. The summed E-state index contributed by atoms with van der Waals surface area (Å²) >= 11 is 1.71. The Kier molecular flexibility index (Phi) is 3.53. The van der Waals surface area contributed by atoms with Crippen molar-refractivity contribution in [2.45, 2.75) is 11.8 Å². The Labute approximate surface area is 155 Å². The number of aromatic amines is 1. The molecule has 126 valence electrons. The highest BCUT2D eigenvalue weighted by Crippen LogP contribution is 2.42. The molecule has 0 spiro atoms. The van der Waals surface area contributed by atoms with Crippen LogP contribution in [0, 0.1) is 0 Å². The number of nitrogens with one attached hydrogen (secondary N) is 1. The van der Waals surface area contributed by atoms with Crippen molar-refractivity contribution in [3.8, 4) is 10.6 Å².